The summed E-state index contributed by atoms with van der Waals surface area (Å²) in [6.45, 7) is 5.54. The molecule has 2 amide bonds. The lowest BCUT2D eigenvalue weighted by atomic mass is 10.1. The SMILES string of the molecule is CCCN(CCC)C(=O)c1csc(NC(=O)Cc2ccccc2)n1. The van der Waals surface area contributed by atoms with Crippen LogP contribution >= 0.6 is 11.3 Å². The van der Waals surface area contributed by atoms with Crippen molar-refractivity contribution in [2.45, 2.75) is 33.1 Å². The van der Waals surface area contributed by atoms with Gasteiger partial charge in [-0.05, 0) is 18.4 Å². The van der Waals surface area contributed by atoms with Crippen molar-refractivity contribution in [3.63, 3.8) is 0 Å². The van der Waals surface area contributed by atoms with Crippen LogP contribution in [0.1, 0.15) is 42.7 Å². The van der Waals surface area contributed by atoms with Gasteiger partial charge in [-0.2, -0.15) is 0 Å². The lowest BCUT2D eigenvalue weighted by molar-refractivity contribution is -0.115. The molecule has 0 radical (unpaired) electrons. The number of carbonyl (C=O) groups is 2. The van der Waals surface area contributed by atoms with Gasteiger partial charge in [0.05, 0.1) is 6.42 Å². The first-order chi connectivity index (χ1) is 11.6. The quantitative estimate of drug-likeness (QED) is 0.795. The van der Waals surface area contributed by atoms with Crippen molar-refractivity contribution in [3.8, 4) is 0 Å². The molecule has 0 atom stereocenters. The highest BCUT2D eigenvalue weighted by molar-refractivity contribution is 7.14. The van der Waals surface area contributed by atoms with E-state index in [1.165, 1.54) is 11.3 Å². The minimum atomic E-state index is -0.131. The molecule has 1 heterocycles. The molecule has 0 aliphatic carbocycles. The Hall–Kier alpha value is -2.21. The first-order valence-electron chi connectivity index (χ1n) is 8.22. The average molecular weight is 345 g/mol. The normalized spacial score (nSPS) is 10.4. The molecule has 128 valence electrons. The zero-order valence-corrected chi connectivity index (χ0v) is 14.9. The van der Waals surface area contributed by atoms with Crippen molar-refractivity contribution in [2.24, 2.45) is 0 Å². The molecule has 24 heavy (non-hydrogen) atoms. The molecule has 0 aliphatic rings. The number of thiazole rings is 1. The number of aromatic nitrogens is 1. The predicted molar refractivity (Wildman–Crippen MR) is 97.4 cm³/mol. The third kappa shape index (κ3) is 5.16. The standard InChI is InChI=1S/C18H23N3O2S/c1-3-10-21(11-4-2)17(23)15-13-24-18(19-15)20-16(22)12-14-8-6-5-7-9-14/h5-9,13H,3-4,10-12H2,1-2H3,(H,19,20,22). The monoisotopic (exact) mass is 345 g/mol. The van der Waals surface area contributed by atoms with Gasteiger partial charge in [0.15, 0.2) is 5.13 Å². The van der Waals surface area contributed by atoms with Gasteiger partial charge < -0.3 is 10.2 Å². The van der Waals surface area contributed by atoms with E-state index in [9.17, 15) is 9.59 Å². The number of hydrogen-bond acceptors (Lipinski definition) is 4. The molecule has 2 rings (SSSR count). The van der Waals surface area contributed by atoms with Crippen LogP contribution in [-0.4, -0.2) is 34.8 Å². The fourth-order valence-electron chi connectivity index (χ4n) is 2.39. The van der Waals surface area contributed by atoms with Crippen LogP contribution < -0.4 is 5.32 Å². The number of nitrogens with zero attached hydrogens (tertiary/aromatic N) is 2. The molecule has 0 bridgehead atoms. The Bertz CT molecular complexity index is 664. The molecule has 2 aromatic rings. The Morgan fingerprint density at radius 2 is 1.79 bits per heavy atom. The maximum absolute atomic E-state index is 12.5. The number of carbonyl (C=O) groups excluding carboxylic acids is 2. The first-order valence-corrected chi connectivity index (χ1v) is 9.10. The van der Waals surface area contributed by atoms with E-state index < -0.39 is 0 Å². The van der Waals surface area contributed by atoms with E-state index in [4.69, 9.17) is 0 Å². The van der Waals surface area contributed by atoms with Crippen molar-refractivity contribution in [3.05, 3.63) is 47.0 Å². The molecule has 0 spiro atoms. The summed E-state index contributed by atoms with van der Waals surface area (Å²) in [4.78, 5) is 30.6. The minimum Gasteiger partial charge on any atom is -0.337 e. The average Bonchev–Trinajstić information content (AvgIpc) is 3.03. The smallest absolute Gasteiger partial charge is 0.273 e. The Morgan fingerprint density at radius 1 is 1.12 bits per heavy atom. The van der Waals surface area contributed by atoms with Crippen LogP contribution in [0.15, 0.2) is 35.7 Å². The van der Waals surface area contributed by atoms with Crippen molar-refractivity contribution < 1.29 is 9.59 Å². The Kier molecular flexibility index (Phi) is 6.93. The number of hydrogen-bond donors (Lipinski definition) is 1. The summed E-state index contributed by atoms with van der Waals surface area (Å²) in [7, 11) is 0. The highest BCUT2D eigenvalue weighted by atomic mass is 32.1. The summed E-state index contributed by atoms with van der Waals surface area (Å²) < 4.78 is 0. The minimum absolute atomic E-state index is 0.0708. The van der Waals surface area contributed by atoms with Crippen molar-refractivity contribution in [2.75, 3.05) is 18.4 Å². The molecule has 6 heteroatoms. The van der Waals surface area contributed by atoms with E-state index in [0.717, 1.165) is 31.5 Å². The summed E-state index contributed by atoms with van der Waals surface area (Å²) in [6, 6.07) is 9.53. The van der Waals surface area contributed by atoms with Gasteiger partial charge in [0.2, 0.25) is 5.91 Å². The molecule has 0 saturated carbocycles. The molecule has 1 aromatic carbocycles. The Labute approximate surface area is 146 Å². The molecule has 5 nitrogen and oxygen atoms in total. The van der Waals surface area contributed by atoms with Crippen LogP contribution in [0.5, 0.6) is 0 Å². The zero-order valence-electron chi connectivity index (χ0n) is 14.1. The van der Waals surface area contributed by atoms with Crippen molar-refractivity contribution >= 4 is 28.3 Å². The van der Waals surface area contributed by atoms with Gasteiger partial charge in [-0.3, -0.25) is 9.59 Å². The highest BCUT2D eigenvalue weighted by Crippen LogP contribution is 2.17. The van der Waals surface area contributed by atoms with Crippen LogP contribution in [0.4, 0.5) is 5.13 Å². The van der Waals surface area contributed by atoms with Crippen LogP contribution in [0, 0.1) is 0 Å². The number of benzene rings is 1. The van der Waals surface area contributed by atoms with Gasteiger partial charge in [-0.25, -0.2) is 4.98 Å². The summed E-state index contributed by atoms with van der Waals surface area (Å²) in [5, 5.41) is 4.94. The number of nitrogens with one attached hydrogen (secondary N) is 1. The zero-order chi connectivity index (χ0) is 17.4. The van der Waals surface area contributed by atoms with E-state index in [1.807, 2.05) is 49.1 Å². The largest absolute Gasteiger partial charge is 0.337 e. The van der Waals surface area contributed by atoms with Crippen LogP contribution in [-0.2, 0) is 11.2 Å². The fourth-order valence-corrected chi connectivity index (χ4v) is 3.09. The predicted octanol–water partition coefficient (Wildman–Crippen LogP) is 3.59. The number of amides is 2. The van der Waals surface area contributed by atoms with Gasteiger partial charge in [-0.15, -0.1) is 11.3 Å². The van der Waals surface area contributed by atoms with E-state index in [2.05, 4.69) is 10.3 Å². The third-order valence-corrected chi connectivity index (χ3v) is 4.21. The van der Waals surface area contributed by atoms with Crippen molar-refractivity contribution in [1.82, 2.24) is 9.88 Å². The number of rotatable bonds is 8. The summed E-state index contributed by atoms with van der Waals surface area (Å²) in [5.74, 6) is -0.202. The van der Waals surface area contributed by atoms with Gasteiger partial charge in [-0.1, -0.05) is 44.2 Å². The Balaban J connectivity index is 1.96. The van der Waals surface area contributed by atoms with Gasteiger partial charge in [0.25, 0.3) is 5.91 Å². The van der Waals surface area contributed by atoms with E-state index >= 15 is 0 Å². The van der Waals surface area contributed by atoms with Crippen molar-refractivity contribution in [1.29, 1.82) is 0 Å². The van der Waals surface area contributed by atoms with Gasteiger partial charge in [0.1, 0.15) is 5.69 Å². The second-order valence-electron chi connectivity index (χ2n) is 5.54. The van der Waals surface area contributed by atoms with E-state index in [0.29, 0.717) is 17.2 Å². The lowest BCUT2D eigenvalue weighted by Gasteiger charge is -2.20. The van der Waals surface area contributed by atoms with Gasteiger partial charge in [0, 0.05) is 18.5 Å². The van der Waals surface area contributed by atoms with E-state index in [-0.39, 0.29) is 11.8 Å². The summed E-state index contributed by atoms with van der Waals surface area (Å²) in [6.07, 6.45) is 2.12. The first kappa shape index (κ1) is 18.1. The molecule has 0 unspecified atom stereocenters. The molecule has 0 fully saturated rings. The molecular weight excluding hydrogens is 322 g/mol. The van der Waals surface area contributed by atoms with E-state index in [1.54, 1.807) is 5.38 Å². The maximum atomic E-state index is 12.5. The van der Waals surface area contributed by atoms with Crippen LogP contribution in [0.25, 0.3) is 0 Å². The molecule has 0 aliphatic heterocycles. The second kappa shape index (κ2) is 9.17. The fraction of sp³-hybridized carbons (Fsp3) is 0.389. The number of anilines is 1. The Morgan fingerprint density at radius 3 is 2.42 bits per heavy atom. The second-order valence-corrected chi connectivity index (χ2v) is 6.40. The maximum Gasteiger partial charge on any atom is 0.273 e. The summed E-state index contributed by atoms with van der Waals surface area (Å²) >= 11 is 1.28. The molecule has 1 aromatic heterocycles. The molecule has 0 saturated heterocycles. The topological polar surface area (TPSA) is 62.3 Å². The lowest BCUT2D eigenvalue weighted by Crippen LogP contribution is -2.32. The van der Waals surface area contributed by atoms with Gasteiger partial charge >= 0.3 is 0 Å². The van der Waals surface area contributed by atoms with Crippen LogP contribution in [0.2, 0.25) is 0 Å². The molecule has 1 N–H and O–H groups in total. The third-order valence-electron chi connectivity index (χ3n) is 3.45. The highest BCUT2D eigenvalue weighted by Gasteiger charge is 2.18. The molecular formula is C18H23N3O2S. The summed E-state index contributed by atoms with van der Waals surface area (Å²) in [5.41, 5.74) is 1.34. The van der Waals surface area contributed by atoms with Crippen LogP contribution in [0.3, 0.4) is 0 Å².